The van der Waals surface area contributed by atoms with Gasteiger partial charge in [-0.2, -0.15) is 0 Å². The fourth-order valence-corrected chi connectivity index (χ4v) is 2.37. The minimum absolute atomic E-state index is 0.309. The summed E-state index contributed by atoms with van der Waals surface area (Å²) in [6, 6.07) is 11.5. The van der Waals surface area contributed by atoms with Gasteiger partial charge in [-0.15, -0.1) is 0 Å². The second-order valence-corrected chi connectivity index (χ2v) is 5.32. The van der Waals surface area contributed by atoms with Crippen molar-refractivity contribution in [2.24, 2.45) is 0 Å². The molecule has 0 aliphatic carbocycles. The van der Waals surface area contributed by atoms with Gasteiger partial charge in [-0.1, -0.05) is 0 Å². The first kappa shape index (κ1) is 16.8. The lowest BCUT2D eigenvalue weighted by Crippen LogP contribution is -2.17. The second kappa shape index (κ2) is 7.70. The third-order valence-corrected chi connectivity index (χ3v) is 3.60. The zero-order valence-electron chi connectivity index (χ0n) is 13.8. The molecule has 1 aliphatic rings. The molecule has 2 aromatic carbocycles. The van der Waals surface area contributed by atoms with Crippen LogP contribution in [0.4, 0.5) is 0 Å². The van der Waals surface area contributed by atoms with Crippen LogP contribution in [-0.4, -0.2) is 38.2 Å². The first-order valence-electron chi connectivity index (χ1n) is 8.00. The van der Waals surface area contributed by atoms with Crippen molar-refractivity contribution < 1.29 is 28.5 Å². The maximum atomic E-state index is 12.2. The predicted octanol–water partition coefficient (Wildman–Crippen LogP) is 2.90. The lowest BCUT2D eigenvalue weighted by atomic mass is 10.1. The Hall–Kier alpha value is -3.02. The Morgan fingerprint density at radius 2 is 1.64 bits per heavy atom. The van der Waals surface area contributed by atoms with Crippen LogP contribution in [0.25, 0.3) is 0 Å². The molecule has 0 N–H and O–H groups in total. The Kier molecular flexibility index (Phi) is 5.18. The van der Waals surface area contributed by atoms with Crippen molar-refractivity contribution in [2.45, 2.75) is 6.92 Å². The highest BCUT2D eigenvalue weighted by molar-refractivity contribution is 5.99. The topological polar surface area (TPSA) is 71.1 Å². The van der Waals surface area contributed by atoms with Crippen LogP contribution in [0.2, 0.25) is 0 Å². The first-order chi connectivity index (χ1) is 12.2. The third-order valence-electron chi connectivity index (χ3n) is 3.60. The van der Waals surface area contributed by atoms with Crippen LogP contribution in [0, 0.1) is 0 Å². The molecule has 0 bridgehead atoms. The van der Waals surface area contributed by atoms with Gasteiger partial charge in [0.05, 0.1) is 12.2 Å². The van der Waals surface area contributed by atoms with E-state index in [0.717, 1.165) is 0 Å². The third kappa shape index (κ3) is 4.09. The van der Waals surface area contributed by atoms with Gasteiger partial charge in [0.1, 0.15) is 19.0 Å². The Balaban J connectivity index is 1.59. The van der Waals surface area contributed by atoms with Crippen LogP contribution in [0.3, 0.4) is 0 Å². The molecular weight excluding hydrogens is 324 g/mol. The molecular formula is C19H18O6. The lowest BCUT2D eigenvalue weighted by Gasteiger charge is -2.18. The largest absolute Gasteiger partial charge is 0.494 e. The van der Waals surface area contributed by atoms with Crippen LogP contribution in [0.15, 0.2) is 42.5 Å². The summed E-state index contributed by atoms with van der Waals surface area (Å²) in [4.78, 5) is 24.2. The van der Waals surface area contributed by atoms with E-state index in [9.17, 15) is 9.59 Å². The fourth-order valence-electron chi connectivity index (χ4n) is 2.37. The number of hydrogen-bond acceptors (Lipinski definition) is 6. The van der Waals surface area contributed by atoms with Crippen molar-refractivity contribution in [1.29, 1.82) is 0 Å². The van der Waals surface area contributed by atoms with E-state index in [2.05, 4.69) is 0 Å². The summed E-state index contributed by atoms with van der Waals surface area (Å²) in [6.45, 7) is 3.02. The summed E-state index contributed by atoms with van der Waals surface area (Å²) in [5, 5.41) is 0. The number of fused-ring (bicyclic) bond motifs is 1. The number of ketones is 1. The summed E-state index contributed by atoms with van der Waals surface area (Å²) in [5.74, 6) is 0.931. The van der Waals surface area contributed by atoms with Crippen LogP contribution in [0.5, 0.6) is 17.2 Å². The van der Waals surface area contributed by atoms with Crippen LogP contribution in [-0.2, 0) is 4.74 Å². The molecule has 0 amide bonds. The van der Waals surface area contributed by atoms with E-state index >= 15 is 0 Å². The number of ether oxygens (including phenoxy) is 4. The molecule has 0 spiro atoms. The first-order valence-corrected chi connectivity index (χ1v) is 8.00. The van der Waals surface area contributed by atoms with Gasteiger partial charge in [0.25, 0.3) is 0 Å². The average Bonchev–Trinajstić information content (AvgIpc) is 2.66. The van der Waals surface area contributed by atoms with Crippen molar-refractivity contribution >= 4 is 11.8 Å². The van der Waals surface area contributed by atoms with Gasteiger partial charge < -0.3 is 18.9 Å². The standard InChI is InChI=1S/C19H18O6/c1-2-22-15-6-3-13(4-7-15)19(21)25-12-16(20)14-5-8-17-18(11-14)24-10-9-23-17/h3-8,11H,2,9-10,12H2,1H3. The van der Waals surface area contributed by atoms with Crippen molar-refractivity contribution in [3.63, 3.8) is 0 Å². The van der Waals surface area contributed by atoms with Gasteiger partial charge in [0.15, 0.2) is 23.9 Å². The molecule has 0 atom stereocenters. The number of esters is 1. The summed E-state index contributed by atoms with van der Waals surface area (Å²) >= 11 is 0. The number of rotatable bonds is 6. The molecule has 0 aromatic heterocycles. The van der Waals surface area contributed by atoms with Crippen LogP contribution in [0.1, 0.15) is 27.6 Å². The molecule has 25 heavy (non-hydrogen) atoms. The van der Waals surface area contributed by atoms with E-state index in [1.165, 1.54) is 0 Å². The van der Waals surface area contributed by atoms with E-state index in [-0.39, 0.29) is 12.4 Å². The van der Waals surface area contributed by atoms with Gasteiger partial charge in [-0.25, -0.2) is 4.79 Å². The molecule has 3 rings (SSSR count). The van der Waals surface area contributed by atoms with Crippen molar-refractivity contribution in [3.8, 4) is 17.2 Å². The highest BCUT2D eigenvalue weighted by Gasteiger charge is 2.16. The number of benzene rings is 2. The smallest absolute Gasteiger partial charge is 0.338 e. The zero-order valence-corrected chi connectivity index (χ0v) is 13.8. The summed E-state index contributed by atoms with van der Waals surface area (Å²) < 4.78 is 21.3. The average molecular weight is 342 g/mol. The molecule has 0 unspecified atom stereocenters. The van der Waals surface area contributed by atoms with Gasteiger partial charge in [0.2, 0.25) is 0 Å². The second-order valence-electron chi connectivity index (χ2n) is 5.32. The molecule has 6 nitrogen and oxygen atoms in total. The van der Waals surface area contributed by atoms with Gasteiger partial charge in [0, 0.05) is 5.56 Å². The van der Waals surface area contributed by atoms with Crippen LogP contribution < -0.4 is 14.2 Å². The summed E-state index contributed by atoms with van der Waals surface area (Å²) in [7, 11) is 0. The summed E-state index contributed by atoms with van der Waals surface area (Å²) in [6.07, 6.45) is 0. The van der Waals surface area contributed by atoms with Gasteiger partial charge >= 0.3 is 5.97 Å². The maximum Gasteiger partial charge on any atom is 0.338 e. The number of hydrogen-bond donors (Lipinski definition) is 0. The Morgan fingerprint density at radius 3 is 2.36 bits per heavy atom. The fraction of sp³-hybridized carbons (Fsp3) is 0.263. The minimum Gasteiger partial charge on any atom is -0.494 e. The normalized spacial score (nSPS) is 12.4. The molecule has 6 heteroatoms. The van der Waals surface area contributed by atoms with Crippen molar-refractivity contribution in [1.82, 2.24) is 0 Å². The van der Waals surface area contributed by atoms with Gasteiger partial charge in [-0.3, -0.25) is 4.79 Å². The van der Waals surface area contributed by atoms with Gasteiger partial charge in [-0.05, 0) is 49.4 Å². The van der Waals surface area contributed by atoms with E-state index in [1.807, 2.05) is 6.92 Å². The Morgan fingerprint density at radius 1 is 0.960 bits per heavy atom. The predicted molar refractivity (Wildman–Crippen MR) is 89.7 cm³/mol. The van der Waals surface area contributed by atoms with E-state index in [1.54, 1.807) is 42.5 Å². The minimum atomic E-state index is -0.561. The maximum absolute atomic E-state index is 12.2. The molecule has 130 valence electrons. The Bertz CT molecular complexity index is 766. The summed E-state index contributed by atoms with van der Waals surface area (Å²) in [5.41, 5.74) is 0.766. The van der Waals surface area contributed by atoms with E-state index in [4.69, 9.17) is 18.9 Å². The van der Waals surface area contributed by atoms with Crippen LogP contribution >= 0.6 is 0 Å². The number of Topliss-reactive ketones (excluding diaryl/α,β-unsaturated/α-hetero) is 1. The van der Waals surface area contributed by atoms with Crippen molar-refractivity contribution in [3.05, 3.63) is 53.6 Å². The number of carbonyl (C=O) groups is 2. The van der Waals surface area contributed by atoms with Crippen molar-refractivity contribution in [2.75, 3.05) is 26.4 Å². The lowest BCUT2D eigenvalue weighted by molar-refractivity contribution is 0.0474. The SMILES string of the molecule is CCOc1ccc(C(=O)OCC(=O)c2ccc3c(c2)OCCO3)cc1. The highest BCUT2D eigenvalue weighted by Crippen LogP contribution is 2.30. The van der Waals surface area contributed by atoms with E-state index in [0.29, 0.717) is 48.2 Å². The molecule has 0 saturated heterocycles. The molecule has 1 heterocycles. The Labute approximate surface area is 145 Å². The van der Waals surface area contributed by atoms with E-state index < -0.39 is 5.97 Å². The molecule has 0 saturated carbocycles. The molecule has 0 radical (unpaired) electrons. The molecule has 0 fully saturated rings. The molecule has 1 aliphatic heterocycles. The number of carbonyl (C=O) groups excluding carboxylic acids is 2. The quantitative estimate of drug-likeness (QED) is 0.594. The monoisotopic (exact) mass is 342 g/mol. The zero-order chi connectivity index (χ0) is 17.6. The highest BCUT2D eigenvalue weighted by atomic mass is 16.6. The molecule has 2 aromatic rings.